The van der Waals surface area contributed by atoms with Crippen LogP contribution in [0.4, 0.5) is 5.69 Å². The van der Waals surface area contributed by atoms with Crippen molar-refractivity contribution >= 4 is 5.69 Å². The van der Waals surface area contributed by atoms with Crippen molar-refractivity contribution in [3.05, 3.63) is 29.8 Å². The maximum Gasteiger partial charge on any atom is 0.0361 e. The third-order valence-electron chi connectivity index (χ3n) is 3.89. The Bertz CT molecular complexity index is 350. The molecule has 0 unspecified atom stereocenters. The molecule has 94 valence electrons. The third kappa shape index (κ3) is 3.22. The van der Waals surface area contributed by atoms with E-state index in [0.29, 0.717) is 5.41 Å². The van der Waals surface area contributed by atoms with Gasteiger partial charge in [-0.25, -0.2) is 0 Å². The highest BCUT2D eigenvalue weighted by Gasteiger charge is 2.30. The predicted octanol–water partition coefficient (Wildman–Crippen LogP) is 3.03. The number of anilines is 1. The molecular formula is C15H24N2. The zero-order valence-corrected chi connectivity index (χ0v) is 11.3. The Morgan fingerprint density at radius 1 is 1.18 bits per heavy atom. The fraction of sp³-hybridized carbons (Fsp3) is 0.600. The number of rotatable bonds is 5. The topological polar surface area (TPSA) is 15.3 Å². The second-order valence-electron chi connectivity index (χ2n) is 5.83. The second kappa shape index (κ2) is 5.09. The Kier molecular flexibility index (Phi) is 3.72. The van der Waals surface area contributed by atoms with Gasteiger partial charge in [-0.2, -0.15) is 0 Å². The molecule has 0 aromatic heterocycles. The number of nitrogens with one attached hydrogen (secondary N) is 1. The van der Waals surface area contributed by atoms with E-state index in [9.17, 15) is 0 Å². The summed E-state index contributed by atoms with van der Waals surface area (Å²) in [7, 11) is 4.15. The number of hydrogen-bond donors (Lipinski definition) is 1. The van der Waals surface area contributed by atoms with Crippen LogP contribution in [0.25, 0.3) is 0 Å². The van der Waals surface area contributed by atoms with Crippen molar-refractivity contribution in [2.75, 3.05) is 25.5 Å². The smallest absolute Gasteiger partial charge is 0.0361 e. The van der Waals surface area contributed by atoms with E-state index in [1.165, 1.54) is 30.5 Å². The zero-order chi connectivity index (χ0) is 12.3. The summed E-state index contributed by atoms with van der Waals surface area (Å²) in [5.41, 5.74) is 3.21. The molecule has 0 aliphatic heterocycles. The van der Waals surface area contributed by atoms with Crippen LogP contribution in [0, 0.1) is 5.41 Å². The Hall–Kier alpha value is -1.02. The van der Waals surface area contributed by atoms with Crippen LogP contribution in [0.1, 0.15) is 31.7 Å². The summed E-state index contributed by atoms with van der Waals surface area (Å²) in [6, 6.07) is 8.79. The number of nitrogens with zero attached hydrogens (tertiary/aromatic N) is 1. The molecular weight excluding hydrogens is 208 g/mol. The first-order valence-corrected chi connectivity index (χ1v) is 6.56. The van der Waals surface area contributed by atoms with Crippen LogP contribution < -0.4 is 10.2 Å². The fourth-order valence-electron chi connectivity index (χ4n) is 2.38. The van der Waals surface area contributed by atoms with Crippen LogP contribution >= 0.6 is 0 Å². The number of hydrogen-bond acceptors (Lipinski definition) is 2. The van der Waals surface area contributed by atoms with Crippen LogP contribution in [0.15, 0.2) is 24.3 Å². The number of benzene rings is 1. The molecule has 2 nitrogen and oxygen atoms in total. The Labute approximate surface area is 105 Å². The van der Waals surface area contributed by atoms with E-state index in [0.717, 1.165) is 13.1 Å². The molecule has 1 aromatic carbocycles. The van der Waals surface area contributed by atoms with Crippen molar-refractivity contribution in [1.82, 2.24) is 5.32 Å². The minimum Gasteiger partial charge on any atom is -0.378 e. The first kappa shape index (κ1) is 12.4. The Balaban J connectivity index is 1.79. The molecule has 0 amide bonds. The maximum absolute atomic E-state index is 3.58. The molecule has 1 aromatic rings. The minimum absolute atomic E-state index is 0.573. The van der Waals surface area contributed by atoms with Gasteiger partial charge >= 0.3 is 0 Å². The van der Waals surface area contributed by atoms with Gasteiger partial charge in [0.25, 0.3) is 0 Å². The van der Waals surface area contributed by atoms with Gasteiger partial charge in [-0.3, -0.25) is 0 Å². The molecule has 0 bridgehead atoms. The lowest BCUT2D eigenvalue weighted by Crippen LogP contribution is -2.36. The molecule has 2 rings (SSSR count). The van der Waals surface area contributed by atoms with E-state index >= 15 is 0 Å². The molecule has 1 saturated carbocycles. The van der Waals surface area contributed by atoms with E-state index < -0.39 is 0 Å². The molecule has 0 saturated heterocycles. The Morgan fingerprint density at radius 2 is 1.82 bits per heavy atom. The van der Waals surface area contributed by atoms with Crippen LogP contribution in [0.2, 0.25) is 0 Å². The van der Waals surface area contributed by atoms with Gasteiger partial charge in [0.1, 0.15) is 0 Å². The van der Waals surface area contributed by atoms with Crippen LogP contribution in [0.3, 0.4) is 0 Å². The summed E-state index contributed by atoms with van der Waals surface area (Å²) < 4.78 is 0. The van der Waals surface area contributed by atoms with E-state index in [1.54, 1.807) is 0 Å². The van der Waals surface area contributed by atoms with E-state index in [1.807, 2.05) is 0 Å². The molecule has 0 atom stereocenters. The average molecular weight is 232 g/mol. The van der Waals surface area contributed by atoms with Gasteiger partial charge < -0.3 is 10.2 Å². The van der Waals surface area contributed by atoms with Gasteiger partial charge in [-0.05, 0) is 36.0 Å². The summed E-state index contributed by atoms with van der Waals surface area (Å²) in [4.78, 5) is 2.13. The van der Waals surface area contributed by atoms with Crippen molar-refractivity contribution in [2.45, 2.75) is 32.7 Å². The summed E-state index contributed by atoms with van der Waals surface area (Å²) in [6.07, 6.45) is 4.19. The van der Waals surface area contributed by atoms with E-state index in [2.05, 4.69) is 55.5 Å². The lowest BCUT2D eigenvalue weighted by molar-refractivity contribution is 0.156. The summed E-state index contributed by atoms with van der Waals surface area (Å²) >= 11 is 0. The maximum atomic E-state index is 3.58. The molecule has 0 spiro atoms. The summed E-state index contributed by atoms with van der Waals surface area (Å²) in [5, 5.41) is 3.58. The normalized spacial score (nSPS) is 17.6. The largest absolute Gasteiger partial charge is 0.378 e. The molecule has 1 aliphatic rings. The SMILES string of the molecule is CN(C)c1ccc(CNCC2(C)CCC2)cc1. The summed E-state index contributed by atoms with van der Waals surface area (Å²) in [5.74, 6) is 0. The predicted molar refractivity (Wildman–Crippen MR) is 74.4 cm³/mol. The van der Waals surface area contributed by atoms with Gasteiger partial charge in [0, 0.05) is 32.9 Å². The molecule has 2 heteroatoms. The molecule has 0 radical (unpaired) electrons. The molecule has 1 aliphatic carbocycles. The molecule has 1 fully saturated rings. The van der Waals surface area contributed by atoms with Crippen LogP contribution in [-0.4, -0.2) is 20.6 Å². The van der Waals surface area contributed by atoms with Crippen molar-refractivity contribution in [3.8, 4) is 0 Å². The highest BCUT2D eigenvalue weighted by molar-refractivity contribution is 5.45. The second-order valence-corrected chi connectivity index (χ2v) is 5.83. The first-order chi connectivity index (χ1) is 8.09. The molecule has 17 heavy (non-hydrogen) atoms. The van der Waals surface area contributed by atoms with Crippen molar-refractivity contribution < 1.29 is 0 Å². The third-order valence-corrected chi connectivity index (χ3v) is 3.89. The quantitative estimate of drug-likeness (QED) is 0.839. The van der Waals surface area contributed by atoms with Crippen molar-refractivity contribution in [1.29, 1.82) is 0 Å². The standard InChI is InChI=1S/C15H24N2/c1-15(9-4-10-15)12-16-11-13-5-7-14(8-6-13)17(2)3/h5-8,16H,4,9-12H2,1-3H3. The van der Waals surface area contributed by atoms with Gasteiger partial charge in [0.2, 0.25) is 0 Å². The highest BCUT2D eigenvalue weighted by Crippen LogP contribution is 2.39. The van der Waals surface area contributed by atoms with Gasteiger partial charge in [-0.1, -0.05) is 25.5 Å². The monoisotopic (exact) mass is 232 g/mol. The van der Waals surface area contributed by atoms with Crippen LogP contribution in [-0.2, 0) is 6.54 Å². The van der Waals surface area contributed by atoms with E-state index in [4.69, 9.17) is 0 Å². The Morgan fingerprint density at radius 3 is 2.29 bits per heavy atom. The molecule has 0 heterocycles. The van der Waals surface area contributed by atoms with Gasteiger partial charge in [0.15, 0.2) is 0 Å². The molecule has 1 N–H and O–H groups in total. The fourth-order valence-corrected chi connectivity index (χ4v) is 2.38. The zero-order valence-electron chi connectivity index (χ0n) is 11.3. The lowest BCUT2D eigenvalue weighted by atomic mass is 9.70. The summed E-state index contributed by atoms with van der Waals surface area (Å²) in [6.45, 7) is 4.53. The lowest BCUT2D eigenvalue weighted by Gasteiger charge is -2.38. The minimum atomic E-state index is 0.573. The highest BCUT2D eigenvalue weighted by atomic mass is 15.1. The van der Waals surface area contributed by atoms with Crippen LogP contribution in [0.5, 0.6) is 0 Å². The van der Waals surface area contributed by atoms with Crippen molar-refractivity contribution in [3.63, 3.8) is 0 Å². The van der Waals surface area contributed by atoms with E-state index in [-0.39, 0.29) is 0 Å². The van der Waals surface area contributed by atoms with Crippen molar-refractivity contribution in [2.24, 2.45) is 5.41 Å². The first-order valence-electron chi connectivity index (χ1n) is 6.56. The van der Waals surface area contributed by atoms with Gasteiger partial charge in [0.05, 0.1) is 0 Å². The van der Waals surface area contributed by atoms with Gasteiger partial charge in [-0.15, -0.1) is 0 Å². The average Bonchev–Trinajstić information content (AvgIpc) is 2.27.